The van der Waals surface area contributed by atoms with Crippen LogP contribution >= 0.6 is 23.2 Å². The van der Waals surface area contributed by atoms with Crippen molar-refractivity contribution in [2.24, 2.45) is 5.92 Å². The normalized spacial score (nSPS) is 12.7. The van der Waals surface area contributed by atoms with Crippen molar-refractivity contribution in [3.8, 4) is 0 Å². The topological polar surface area (TPSA) is 12.0 Å². The van der Waals surface area contributed by atoms with Crippen molar-refractivity contribution in [2.45, 2.75) is 33.1 Å². The van der Waals surface area contributed by atoms with E-state index in [0.717, 1.165) is 24.5 Å². The maximum Gasteiger partial charge on any atom is 0.0452 e. The van der Waals surface area contributed by atoms with E-state index < -0.39 is 0 Å². The van der Waals surface area contributed by atoms with Gasteiger partial charge in [0.05, 0.1) is 0 Å². The Morgan fingerprint density at radius 3 is 2.59 bits per heavy atom. The molecule has 0 spiro atoms. The van der Waals surface area contributed by atoms with E-state index in [9.17, 15) is 0 Å². The molecule has 1 aromatic carbocycles. The Bertz CT molecular complexity index is 339. The lowest BCUT2D eigenvalue weighted by Gasteiger charge is -2.17. The first-order chi connectivity index (χ1) is 8.17. The van der Waals surface area contributed by atoms with Gasteiger partial charge in [-0.3, -0.25) is 0 Å². The molecule has 1 aromatic rings. The van der Waals surface area contributed by atoms with Crippen LogP contribution in [0, 0.1) is 5.92 Å². The van der Waals surface area contributed by atoms with Crippen LogP contribution in [0.1, 0.15) is 32.3 Å². The van der Waals surface area contributed by atoms with Gasteiger partial charge in [0.2, 0.25) is 0 Å². The molecule has 17 heavy (non-hydrogen) atoms. The molecule has 0 saturated carbocycles. The number of nitrogens with one attached hydrogen (secondary N) is 1. The highest BCUT2D eigenvalue weighted by Crippen LogP contribution is 2.24. The summed E-state index contributed by atoms with van der Waals surface area (Å²) in [6.45, 7) is 6.44. The molecule has 0 aliphatic rings. The number of rotatable bonds is 7. The van der Waals surface area contributed by atoms with E-state index in [0.29, 0.717) is 10.9 Å². The van der Waals surface area contributed by atoms with E-state index in [2.05, 4.69) is 19.2 Å². The van der Waals surface area contributed by atoms with Crippen LogP contribution in [0.4, 0.5) is 0 Å². The first-order valence-electron chi connectivity index (χ1n) is 6.32. The van der Waals surface area contributed by atoms with Crippen LogP contribution in [0.15, 0.2) is 18.2 Å². The van der Waals surface area contributed by atoms with Gasteiger partial charge in [0.25, 0.3) is 0 Å². The van der Waals surface area contributed by atoms with Gasteiger partial charge in [0, 0.05) is 10.0 Å². The van der Waals surface area contributed by atoms with Crippen molar-refractivity contribution >= 4 is 23.2 Å². The average Bonchev–Trinajstić information content (AvgIpc) is 2.29. The van der Waals surface area contributed by atoms with Gasteiger partial charge in [-0.1, -0.05) is 49.5 Å². The molecule has 0 amide bonds. The molecule has 0 fully saturated rings. The second-order valence-corrected chi connectivity index (χ2v) is 5.25. The quantitative estimate of drug-likeness (QED) is 0.768. The van der Waals surface area contributed by atoms with Crippen LogP contribution in [0.5, 0.6) is 0 Å². The highest BCUT2D eigenvalue weighted by Gasteiger charge is 2.10. The van der Waals surface area contributed by atoms with Gasteiger partial charge in [-0.25, -0.2) is 0 Å². The lowest BCUT2D eigenvalue weighted by atomic mass is 9.95. The second-order valence-electron chi connectivity index (χ2n) is 4.40. The number of hydrogen-bond acceptors (Lipinski definition) is 1. The van der Waals surface area contributed by atoms with E-state index in [1.807, 2.05) is 18.2 Å². The first-order valence-corrected chi connectivity index (χ1v) is 7.07. The average molecular weight is 274 g/mol. The molecule has 3 heteroatoms. The summed E-state index contributed by atoms with van der Waals surface area (Å²) in [5.74, 6) is 0.652. The molecule has 1 rings (SSSR count). The Morgan fingerprint density at radius 1 is 1.24 bits per heavy atom. The lowest BCUT2D eigenvalue weighted by Crippen LogP contribution is -2.24. The zero-order valence-electron chi connectivity index (χ0n) is 10.6. The molecule has 0 aromatic heterocycles. The van der Waals surface area contributed by atoms with Crippen molar-refractivity contribution < 1.29 is 0 Å². The molecule has 1 N–H and O–H groups in total. The molecular formula is C14H21Cl2N. The Hall–Kier alpha value is -0.240. The summed E-state index contributed by atoms with van der Waals surface area (Å²) in [6.07, 6.45) is 3.46. The van der Waals surface area contributed by atoms with Gasteiger partial charge in [0.1, 0.15) is 0 Å². The maximum atomic E-state index is 6.20. The maximum absolute atomic E-state index is 6.20. The van der Waals surface area contributed by atoms with Crippen LogP contribution in [-0.2, 0) is 6.42 Å². The fourth-order valence-corrected chi connectivity index (χ4v) is 2.52. The standard InChI is InChI=1S/C14H21Cl2N/c1-3-5-11(10-17-4-2)8-12-6-7-13(15)9-14(12)16/h6-7,9,11,17H,3-5,8,10H2,1-2H3. The molecule has 0 radical (unpaired) electrons. The van der Waals surface area contributed by atoms with Gasteiger partial charge in [0.15, 0.2) is 0 Å². The Balaban J connectivity index is 2.64. The van der Waals surface area contributed by atoms with Crippen LogP contribution in [0.25, 0.3) is 0 Å². The summed E-state index contributed by atoms with van der Waals surface area (Å²) in [5.41, 5.74) is 1.20. The van der Waals surface area contributed by atoms with Crippen molar-refractivity contribution in [2.75, 3.05) is 13.1 Å². The third kappa shape index (κ3) is 5.29. The lowest BCUT2D eigenvalue weighted by molar-refractivity contribution is 0.444. The van der Waals surface area contributed by atoms with Crippen molar-refractivity contribution in [3.05, 3.63) is 33.8 Å². The third-order valence-electron chi connectivity index (χ3n) is 2.90. The fourth-order valence-electron chi connectivity index (χ4n) is 2.03. The minimum atomic E-state index is 0.652. The monoisotopic (exact) mass is 273 g/mol. The van der Waals surface area contributed by atoms with Crippen molar-refractivity contribution in [3.63, 3.8) is 0 Å². The zero-order chi connectivity index (χ0) is 12.7. The smallest absolute Gasteiger partial charge is 0.0452 e. The molecule has 96 valence electrons. The van der Waals surface area contributed by atoms with Gasteiger partial charge >= 0.3 is 0 Å². The van der Waals surface area contributed by atoms with E-state index >= 15 is 0 Å². The molecule has 1 atom stereocenters. The van der Waals surface area contributed by atoms with Gasteiger partial charge in [-0.15, -0.1) is 0 Å². The van der Waals surface area contributed by atoms with E-state index in [1.54, 1.807) is 0 Å². The predicted octanol–water partition coefficient (Wildman–Crippen LogP) is 4.56. The summed E-state index contributed by atoms with van der Waals surface area (Å²) in [4.78, 5) is 0. The van der Waals surface area contributed by atoms with Gasteiger partial charge in [-0.2, -0.15) is 0 Å². The molecule has 0 bridgehead atoms. The van der Waals surface area contributed by atoms with Crippen LogP contribution < -0.4 is 5.32 Å². The molecule has 0 saturated heterocycles. The number of benzene rings is 1. The zero-order valence-corrected chi connectivity index (χ0v) is 12.1. The summed E-state index contributed by atoms with van der Waals surface area (Å²) >= 11 is 12.1. The summed E-state index contributed by atoms with van der Waals surface area (Å²) in [6, 6.07) is 5.78. The summed E-state index contributed by atoms with van der Waals surface area (Å²) < 4.78 is 0. The highest BCUT2D eigenvalue weighted by molar-refractivity contribution is 6.35. The molecule has 0 heterocycles. The van der Waals surface area contributed by atoms with Crippen molar-refractivity contribution in [1.82, 2.24) is 5.32 Å². The summed E-state index contributed by atoms with van der Waals surface area (Å²) in [7, 11) is 0. The fraction of sp³-hybridized carbons (Fsp3) is 0.571. The highest BCUT2D eigenvalue weighted by atomic mass is 35.5. The van der Waals surface area contributed by atoms with Crippen LogP contribution in [0.3, 0.4) is 0 Å². The van der Waals surface area contributed by atoms with Crippen LogP contribution in [0.2, 0.25) is 10.0 Å². The predicted molar refractivity (Wildman–Crippen MR) is 77.1 cm³/mol. The van der Waals surface area contributed by atoms with E-state index in [1.165, 1.54) is 18.4 Å². The number of halogens is 2. The Kier molecular flexibility index (Phi) is 6.94. The first kappa shape index (κ1) is 14.8. The summed E-state index contributed by atoms with van der Waals surface area (Å²) in [5, 5.41) is 4.91. The second kappa shape index (κ2) is 7.97. The van der Waals surface area contributed by atoms with Gasteiger partial charge in [-0.05, 0) is 49.5 Å². The Labute approximate surface area is 115 Å². The van der Waals surface area contributed by atoms with Gasteiger partial charge < -0.3 is 5.32 Å². The molecule has 1 unspecified atom stereocenters. The largest absolute Gasteiger partial charge is 0.317 e. The SMILES string of the molecule is CCCC(CNCC)Cc1ccc(Cl)cc1Cl. The third-order valence-corrected chi connectivity index (χ3v) is 3.49. The minimum absolute atomic E-state index is 0.652. The van der Waals surface area contributed by atoms with Crippen molar-refractivity contribution in [1.29, 1.82) is 0 Å². The van der Waals surface area contributed by atoms with Crippen LogP contribution in [-0.4, -0.2) is 13.1 Å². The minimum Gasteiger partial charge on any atom is -0.317 e. The van der Waals surface area contributed by atoms with E-state index in [4.69, 9.17) is 23.2 Å². The molecule has 0 aliphatic heterocycles. The number of hydrogen-bond donors (Lipinski definition) is 1. The molecule has 1 nitrogen and oxygen atoms in total. The van der Waals surface area contributed by atoms with E-state index in [-0.39, 0.29) is 0 Å². The molecular weight excluding hydrogens is 253 g/mol. The molecule has 0 aliphatic carbocycles. The Morgan fingerprint density at radius 2 is 2.00 bits per heavy atom.